The van der Waals surface area contributed by atoms with Crippen LogP contribution in [0.4, 0.5) is 23.2 Å². The fourth-order valence-corrected chi connectivity index (χ4v) is 5.61. The number of anilines is 1. The van der Waals surface area contributed by atoms with Crippen molar-refractivity contribution in [1.29, 1.82) is 0 Å². The Balaban J connectivity index is 1.49. The highest BCUT2D eigenvalue weighted by atomic mass is 32.2. The number of alkyl halides is 3. The molecule has 0 unspecified atom stereocenters. The van der Waals surface area contributed by atoms with E-state index in [1.165, 1.54) is 41.3 Å². The second kappa shape index (κ2) is 11.1. The Labute approximate surface area is 219 Å². The van der Waals surface area contributed by atoms with Crippen molar-refractivity contribution in [3.63, 3.8) is 0 Å². The average molecular weight is 550 g/mol. The summed E-state index contributed by atoms with van der Waals surface area (Å²) in [5, 5.41) is 0. The molecule has 0 spiro atoms. The standard InChI is InChI=1S/C27H27F4N3O3S/c1-20-9-11-24(12-10-20)38(36,37)34(18-21-5-2-3-8-25(21)28)19-26(35)33-15-13-32(14-16-33)23-7-4-6-22(17-23)27(29,30)31/h2-12,17H,13-16,18-19H2,1H3. The minimum Gasteiger partial charge on any atom is -0.368 e. The van der Waals surface area contributed by atoms with E-state index in [4.69, 9.17) is 0 Å². The number of sulfonamides is 1. The van der Waals surface area contributed by atoms with Gasteiger partial charge in [0, 0.05) is 44.0 Å². The van der Waals surface area contributed by atoms with Gasteiger partial charge in [-0.2, -0.15) is 17.5 Å². The molecule has 1 aliphatic heterocycles. The zero-order chi connectivity index (χ0) is 27.5. The largest absolute Gasteiger partial charge is 0.416 e. The Hall–Kier alpha value is -3.44. The van der Waals surface area contributed by atoms with Gasteiger partial charge in [-0.3, -0.25) is 4.79 Å². The fourth-order valence-electron chi connectivity index (χ4n) is 4.25. The van der Waals surface area contributed by atoms with Crippen molar-refractivity contribution in [2.75, 3.05) is 37.6 Å². The van der Waals surface area contributed by atoms with Gasteiger partial charge in [-0.15, -0.1) is 0 Å². The molecule has 0 aromatic heterocycles. The van der Waals surface area contributed by atoms with Crippen molar-refractivity contribution in [1.82, 2.24) is 9.21 Å². The van der Waals surface area contributed by atoms with Gasteiger partial charge in [0.25, 0.3) is 0 Å². The lowest BCUT2D eigenvalue weighted by Crippen LogP contribution is -2.51. The highest BCUT2D eigenvalue weighted by Gasteiger charge is 2.33. The maximum Gasteiger partial charge on any atom is 0.416 e. The first kappa shape index (κ1) is 27.6. The molecule has 1 saturated heterocycles. The van der Waals surface area contributed by atoms with Crippen LogP contribution in [0.15, 0.2) is 77.7 Å². The normalized spacial score (nSPS) is 14.7. The van der Waals surface area contributed by atoms with Gasteiger partial charge in [0.15, 0.2) is 0 Å². The number of benzene rings is 3. The predicted molar refractivity (Wildman–Crippen MR) is 135 cm³/mol. The molecule has 1 amide bonds. The van der Waals surface area contributed by atoms with Crippen LogP contribution in [0.1, 0.15) is 16.7 Å². The van der Waals surface area contributed by atoms with Gasteiger partial charge in [0.2, 0.25) is 15.9 Å². The topological polar surface area (TPSA) is 60.9 Å². The number of aryl methyl sites for hydroxylation is 1. The lowest BCUT2D eigenvalue weighted by Gasteiger charge is -2.37. The van der Waals surface area contributed by atoms with Crippen LogP contribution in [0.25, 0.3) is 0 Å². The summed E-state index contributed by atoms with van der Waals surface area (Å²) in [6, 6.07) is 16.9. The molecule has 3 aromatic carbocycles. The first-order valence-corrected chi connectivity index (χ1v) is 13.4. The summed E-state index contributed by atoms with van der Waals surface area (Å²) < 4.78 is 81.6. The second-order valence-electron chi connectivity index (χ2n) is 9.09. The lowest BCUT2D eigenvalue weighted by molar-refractivity contribution is -0.137. The molecule has 4 rings (SSSR count). The molecule has 1 aliphatic rings. The highest BCUT2D eigenvalue weighted by molar-refractivity contribution is 7.89. The number of hydrogen-bond donors (Lipinski definition) is 0. The molecule has 0 aliphatic carbocycles. The molecule has 0 saturated carbocycles. The van der Waals surface area contributed by atoms with Gasteiger partial charge >= 0.3 is 6.18 Å². The SMILES string of the molecule is Cc1ccc(S(=O)(=O)N(CC(=O)N2CCN(c3cccc(C(F)(F)F)c3)CC2)Cc2ccccc2F)cc1. The van der Waals surface area contributed by atoms with Crippen LogP contribution in [0, 0.1) is 12.7 Å². The number of halogens is 4. The monoisotopic (exact) mass is 549 g/mol. The third-order valence-corrected chi connectivity index (χ3v) is 8.25. The molecular formula is C27H27F4N3O3S. The molecule has 6 nitrogen and oxygen atoms in total. The molecule has 0 radical (unpaired) electrons. The number of hydrogen-bond acceptors (Lipinski definition) is 4. The van der Waals surface area contributed by atoms with Gasteiger partial charge in [-0.25, -0.2) is 12.8 Å². The number of piperazine rings is 1. The number of amides is 1. The number of carbonyl (C=O) groups excluding carboxylic acids is 1. The molecule has 0 N–H and O–H groups in total. The zero-order valence-corrected chi connectivity index (χ0v) is 21.5. The molecule has 11 heteroatoms. The number of nitrogens with zero attached hydrogens (tertiary/aromatic N) is 3. The fraction of sp³-hybridized carbons (Fsp3) is 0.296. The number of rotatable bonds is 7. The van der Waals surface area contributed by atoms with E-state index >= 15 is 0 Å². The quantitative estimate of drug-likeness (QED) is 0.401. The van der Waals surface area contributed by atoms with E-state index in [-0.39, 0.29) is 43.2 Å². The summed E-state index contributed by atoms with van der Waals surface area (Å²) >= 11 is 0. The lowest BCUT2D eigenvalue weighted by atomic mass is 10.1. The van der Waals surface area contributed by atoms with Crippen LogP contribution in [0.5, 0.6) is 0 Å². The maximum absolute atomic E-state index is 14.4. The van der Waals surface area contributed by atoms with E-state index in [0.29, 0.717) is 5.69 Å². The van der Waals surface area contributed by atoms with Gasteiger partial charge < -0.3 is 9.80 Å². The molecule has 1 fully saturated rings. The third-order valence-electron chi connectivity index (χ3n) is 6.45. The van der Waals surface area contributed by atoms with Crippen molar-refractivity contribution < 1.29 is 30.8 Å². The van der Waals surface area contributed by atoms with Crippen LogP contribution in [-0.2, 0) is 27.5 Å². The van der Waals surface area contributed by atoms with Crippen LogP contribution in [0.2, 0.25) is 0 Å². The highest BCUT2D eigenvalue weighted by Crippen LogP contribution is 2.32. The van der Waals surface area contributed by atoms with Crippen molar-refractivity contribution in [2.45, 2.75) is 24.5 Å². The van der Waals surface area contributed by atoms with Crippen LogP contribution < -0.4 is 4.90 Å². The second-order valence-corrected chi connectivity index (χ2v) is 11.0. The van der Waals surface area contributed by atoms with E-state index in [1.807, 2.05) is 6.92 Å². The maximum atomic E-state index is 14.4. The molecular weight excluding hydrogens is 522 g/mol. The van der Waals surface area contributed by atoms with Crippen LogP contribution in [0.3, 0.4) is 0 Å². The van der Waals surface area contributed by atoms with Crippen LogP contribution in [-0.4, -0.2) is 56.3 Å². The molecule has 202 valence electrons. The van der Waals surface area contributed by atoms with Crippen molar-refractivity contribution in [3.05, 3.63) is 95.3 Å². The van der Waals surface area contributed by atoms with E-state index in [1.54, 1.807) is 29.2 Å². The van der Waals surface area contributed by atoms with Gasteiger partial charge in [0.1, 0.15) is 5.82 Å². The minimum atomic E-state index is -4.46. The van der Waals surface area contributed by atoms with E-state index in [9.17, 15) is 30.8 Å². The van der Waals surface area contributed by atoms with Crippen molar-refractivity contribution in [3.8, 4) is 0 Å². The average Bonchev–Trinajstić information content (AvgIpc) is 2.89. The third kappa shape index (κ3) is 6.33. The summed E-state index contributed by atoms with van der Waals surface area (Å²) in [5.41, 5.74) is 0.637. The summed E-state index contributed by atoms with van der Waals surface area (Å²) in [5.74, 6) is -1.06. The Bertz CT molecular complexity index is 1390. The van der Waals surface area contributed by atoms with Gasteiger partial charge in [-0.1, -0.05) is 42.0 Å². The Morgan fingerprint density at radius 1 is 0.921 bits per heavy atom. The smallest absolute Gasteiger partial charge is 0.368 e. The zero-order valence-electron chi connectivity index (χ0n) is 20.7. The summed E-state index contributed by atoms with van der Waals surface area (Å²) in [6.07, 6.45) is -4.46. The Morgan fingerprint density at radius 2 is 1.58 bits per heavy atom. The summed E-state index contributed by atoms with van der Waals surface area (Å²) in [7, 11) is -4.14. The molecule has 3 aromatic rings. The summed E-state index contributed by atoms with van der Waals surface area (Å²) in [4.78, 5) is 16.4. The van der Waals surface area contributed by atoms with E-state index in [0.717, 1.165) is 22.0 Å². The minimum absolute atomic E-state index is 0.0124. The Kier molecular flexibility index (Phi) is 8.08. The molecule has 1 heterocycles. The Morgan fingerprint density at radius 3 is 2.21 bits per heavy atom. The molecule has 0 bridgehead atoms. The van der Waals surface area contributed by atoms with Gasteiger partial charge in [-0.05, 0) is 43.3 Å². The van der Waals surface area contributed by atoms with Gasteiger partial charge in [0.05, 0.1) is 17.0 Å². The van der Waals surface area contributed by atoms with Crippen molar-refractivity contribution in [2.24, 2.45) is 0 Å². The van der Waals surface area contributed by atoms with E-state index in [2.05, 4.69) is 0 Å². The predicted octanol–water partition coefficient (Wildman–Crippen LogP) is 4.69. The van der Waals surface area contributed by atoms with E-state index < -0.39 is 40.0 Å². The first-order chi connectivity index (χ1) is 17.9. The molecule has 0 atom stereocenters. The number of carbonyl (C=O) groups is 1. The molecule has 38 heavy (non-hydrogen) atoms. The van der Waals surface area contributed by atoms with Crippen LogP contribution >= 0.6 is 0 Å². The van der Waals surface area contributed by atoms with Crippen molar-refractivity contribution >= 4 is 21.6 Å². The first-order valence-electron chi connectivity index (χ1n) is 12.0. The summed E-state index contributed by atoms with van der Waals surface area (Å²) in [6.45, 7) is 1.94.